The van der Waals surface area contributed by atoms with Gasteiger partial charge in [0.2, 0.25) is 0 Å². The van der Waals surface area contributed by atoms with Crippen LogP contribution in [0.5, 0.6) is 0 Å². The molecule has 45 heavy (non-hydrogen) atoms. The van der Waals surface area contributed by atoms with Gasteiger partial charge in [-0.05, 0) is 49.7 Å². The molecular weight excluding hydrogens is 550 g/mol. The first-order valence-corrected chi connectivity index (χ1v) is 15.2. The number of H-pyrrole nitrogens is 1. The van der Waals surface area contributed by atoms with Crippen LogP contribution in [0.1, 0.15) is 29.0 Å². The Kier molecular flexibility index (Phi) is 6.98. The molecule has 7 aromatic rings. The van der Waals surface area contributed by atoms with Crippen molar-refractivity contribution in [2.45, 2.75) is 12.3 Å². The van der Waals surface area contributed by atoms with E-state index in [1.54, 1.807) is 0 Å². The third kappa shape index (κ3) is 5.30. The van der Waals surface area contributed by atoms with Crippen LogP contribution < -0.4 is 10.6 Å². The summed E-state index contributed by atoms with van der Waals surface area (Å²) in [4.78, 5) is 5.04. The standard InChI is InChI=1S/C40H31N5/c1-3-9-30(10-4-1)38-43-39(31-11-5-2-6-12-31)45-40(44-38)32-21-19-29(20-22-32)35-24-23-34(36-13-7-8-14-37(35)36)28-17-15-27(16-18-28)33-25-41-42-26-33/h1-26,38,40,44H,(H,41,42)(H,43,45). The Hall–Kier alpha value is -5.78. The summed E-state index contributed by atoms with van der Waals surface area (Å²) in [5.74, 6) is 0.886. The van der Waals surface area contributed by atoms with Crippen LogP contribution in [0, 0.1) is 0 Å². The first-order chi connectivity index (χ1) is 22.3. The molecule has 0 radical (unpaired) electrons. The molecule has 2 unspecified atom stereocenters. The normalized spacial score (nSPS) is 16.2. The van der Waals surface area contributed by atoms with Gasteiger partial charge in [-0.15, -0.1) is 0 Å². The lowest BCUT2D eigenvalue weighted by molar-refractivity contribution is 0.409. The second kappa shape index (κ2) is 11.7. The number of nitrogens with zero attached hydrogens (tertiary/aromatic N) is 2. The second-order valence-corrected chi connectivity index (χ2v) is 11.3. The molecule has 0 amide bonds. The van der Waals surface area contributed by atoms with Gasteiger partial charge >= 0.3 is 0 Å². The van der Waals surface area contributed by atoms with Crippen molar-refractivity contribution >= 4 is 16.6 Å². The highest BCUT2D eigenvalue weighted by atomic mass is 15.3. The van der Waals surface area contributed by atoms with Gasteiger partial charge in [-0.3, -0.25) is 10.4 Å². The Morgan fingerprint density at radius 1 is 0.467 bits per heavy atom. The number of hydrogen-bond donors (Lipinski definition) is 3. The highest BCUT2D eigenvalue weighted by Gasteiger charge is 2.25. The molecular formula is C40H31N5. The van der Waals surface area contributed by atoms with Gasteiger partial charge in [0.25, 0.3) is 0 Å². The van der Waals surface area contributed by atoms with Crippen LogP contribution in [0.15, 0.2) is 163 Å². The first kappa shape index (κ1) is 26.8. The van der Waals surface area contributed by atoms with Gasteiger partial charge < -0.3 is 5.32 Å². The minimum Gasteiger partial charge on any atom is -0.350 e. The van der Waals surface area contributed by atoms with Gasteiger partial charge in [0, 0.05) is 17.3 Å². The zero-order valence-corrected chi connectivity index (χ0v) is 24.6. The van der Waals surface area contributed by atoms with Gasteiger partial charge in [-0.25, -0.2) is 4.99 Å². The predicted octanol–water partition coefficient (Wildman–Crippen LogP) is 8.90. The minimum atomic E-state index is -0.155. The van der Waals surface area contributed by atoms with Crippen LogP contribution in [0.2, 0.25) is 0 Å². The summed E-state index contributed by atoms with van der Waals surface area (Å²) in [5, 5.41) is 16.8. The molecule has 2 heterocycles. The lowest BCUT2D eigenvalue weighted by Gasteiger charge is -2.32. The monoisotopic (exact) mass is 581 g/mol. The lowest BCUT2D eigenvalue weighted by atomic mass is 9.91. The highest BCUT2D eigenvalue weighted by molar-refractivity contribution is 6.05. The minimum absolute atomic E-state index is 0.0962. The number of nitrogens with one attached hydrogen (secondary N) is 3. The molecule has 0 fully saturated rings. The lowest BCUT2D eigenvalue weighted by Crippen LogP contribution is -2.44. The Balaban J connectivity index is 1.11. The number of aromatic nitrogens is 2. The zero-order chi connectivity index (χ0) is 30.0. The number of benzene rings is 6. The van der Waals surface area contributed by atoms with E-state index in [-0.39, 0.29) is 12.3 Å². The van der Waals surface area contributed by atoms with E-state index in [4.69, 9.17) is 4.99 Å². The van der Waals surface area contributed by atoms with Crippen molar-refractivity contribution in [1.82, 2.24) is 20.8 Å². The van der Waals surface area contributed by atoms with E-state index in [1.807, 2.05) is 24.5 Å². The smallest absolute Gasteiger partial charge is 0.131 e. The van der Waals surface area contributed by atoms with E-state index in [1.165, 1.54) is 33.0 Å². The number of amidine groups is 1. The van der Waals surface area contributed by atoms with Crippen LogP contribution in [-0.2, 0) is 0 Å². The molecule has 3 N–H and O–H groups in total. The predicted molar refractivity (Wildman–Crippen MR) is 184 cm³/mol. The number of aromatic amines is 1. The fourth-order valence-electron chi connectivity index (χ4n) is 6.19. The van der Waals surface area contributed by atoms with Gasteiger partial charge in [0.15, 0.2) is 0 Å². The average molecular weight is 582 g/mol. The fourth-order valence-corrected chi connectivity index (χ4v) is 6.19. The molecule has 5 heteroatoms. The second-order valence-electron chi connectivity index (χ2n) is 11.3. The SMILES string of the molecule is c1ccc(C2=NC(c3ccccc3)NC(c3ccc(-c4ccc(-c5ccc(-c6cn[nH]c6)cc5)c5ccccc45)cc3)N2)cc1. The third-order valence-corrected chi connectivity index (χ3v) is 8.53. The maximum absolute atomic E-state index is 5.04. The quantitative estimate of drug-likeness (QED) is 0.184. The van der Waals surface area contributed by atoms with E-state index >= 15 is 0 Å². The van der Waals surface area contributed by atoms with Crippen molar-refractivity contribution in [3.8, 4) is 33.4 Å². The summed E-state index contributed by atoms with van der Waals surface area (Å²) in [6.07, 6.45) is 3.52. The molecule has 6 aromatic carbocycles. The van der Waals surface area contributed by atoms with Crippen molar-refractivity contribution in [1.29, 1.82) is 0 Å². The summed E-state index contributed by atoms with van der Waals surface area (Å²) in [7, 11) is 0. The van der Waals surface area contributed by atoms with Crippen LogP contribution in [0.25, 0.3) is 44.2 Å². The molecule has 5 nitrogen and oxygen atoms in total. The molecule has 0 bridgehead atoms. The maximum Gasteiger partial charge on any atom is 0.131 e. The average Bonchev–Trinajstić information content (AvgIpc) is 3.67. The number of rotatable bonds is 6. The van der Waals surface area contributed by atoms with E-state index in [0.29, 0.717) is 0 Å². The largest absolute Gasteiger partial charge is 0.350 e. The van der Waals surface area contributed by atoms with Crippen LogP contribution in [0.4, 0.5) is 0 Å². The van der Waals surface area contributed by atoms with Gasteiger partial charge in [-0.1, -0.05) is 146 Å². The van der Waals surface area contributed by atoms with Crippen molar-refractivity contribution in [3.63, 3.8) is 0 Å². The van der Waals surface area contributed by atoms with Crippen molar-refractivity contribution in [3.05, 3.63) is 175 Å². The molecule has 1 aliphatic heterocycles. The van der Waals surface area contributed by atoms with E-state index < -0.39 is 0 Å². The molecule has 8 rings (SSSR count). The van der Waals surface area contributed by atoms with E-state index in [2.05, 4.69) is 154 Å². The van der Waals surface area contributed by atoms with Gasteiger partial charge in [0.05, 0.1) is 6.20 Å². The topological polar surface area (TPSA) is 65.1 Å². The highest BCUT2D eigenvalue weighted by Crippen LogP contribution is 2.37. The van der Waals surface area contributed by atoms with Crippen LogP contribution in [0.3, 0.4) is 0 Å². The third-order valence-electron chi connectivity index (χ3n) is 8.53. The Labute approximate surface area is 262 Å². The number of hydrogen-bond acceptors (Lipinski definition) is 4. The first-order valence-electron chi connectivity index (χ1n) is 15.2. The Morgan fingerprint density at radius 2 is 1.04 bits per heavy atom. The molecule has 1 aromatic heterocycles. The van der Waals surface area contributed by atoms with Crippen molar-refractivity contribution in [2.24, 2.45) is 4.99 Å². The Bertz CT molecular complexity index is 2080. The summed E-state index contributed by atoms with van der Waals surface area (Å²) in [5.41, 5.74) is 10.4. The molecule has 2 atom stereocenters. The van der Waals surface area contributed by atoms with Crippen LogP contribution in [-0.4, -0.2) is 16.0 Å². The van der Waals surface area contributed by atoms with E-state index in [0.717, 1.165) is 33.7 Å². The molecule has 0 saturated heterocycles. The summed E-state index contributed by atoms with van der Waals surface area (Å²) in [6.45, 7) is 0. The fraction of sp³-hybridized carbons (Fsp3) is 0.0500. The zero-order valence-electron chi connectivity index (χ0n) is 24.6. The molecule has 0 spiro atoms. The molecule has 1 aliphatic rings. The van der Waals surface area contributed by atoms with Crippen molar-refractivity contribution in [2.75, 3.05) is 0 Å². The summed E-state index contributed by atoms with van der Waals surface area (Å²) >= 11 is 0. The molecule has 0 saturated carbocycles. The number of aliphatic imine (C=N–C) groups is 1. The summed E-state index contributed by atoms with van der Waals surface area (Å²) < 4.78 is 0. The maximum atomic E-state index is 5.04. The van der Waals surface area contributed by atoms with E-state index in [9.17, 15) is 0 Å². The van der Waals surface area contributed by atoms with Crippen molar-refractivity contribution < 1.29 is 0 Å². The molecule has 216 valence electrons. The van der Waals surface area contributed by atoms with Crippen LogP contribution >= 0.6 is 0 Å². The van der Waals surface area contributed by atoms with Gasteiger partial charge in [-0.2, -0.15) is 5.10 Å². The van der Waals surface area contributed by atoms with Gasteiger partial charge in [0.1, 0.15) is 18.2 Å². The summed E-state index contributed by atoms with van der Waals surface area (Å²) in [6, 6.07) is 51.5. The Morgan fingerprint density at radius 3 is 1.67 bits per heavy atom. The molecule has 0 aliphatic carbocycles. The number of fused-ring (bicyclic) bond motifs is 1.